The number of nitrogens with one attached hydrogen (secondary N) is 2. The van der Waals surface area contributed by atoms with Crippen molar-refractivity contribution in [3.05, 3.63) is 0 Å². The zero-order valence-corrected chi connectivity index (χ0v) is 13.1. The van der Waals surface area contributed by atoms with Crippen LogP contribution in [0.25, 0.3) is 0 Å². The Bertz CT molecular complexity index is 306. The molecule has 0 aromatic heterocycles. The molecule has 2 atom stereocenters. The van der Waals surface area contributed by atoms with E-state index in [4.69, 9.17) is 0 Å². The van der Waals surface area contributed by atoms with E-state index in [0.29, 0.717) is 19.4 Å². The van der Waals surface area contributed by atoms with Gasteiger partial charge in [-0.25, -0.2) is 4.79 Å². The summed E-state index contributed by atoms with van der Waals surface area (Å²) in [6.07, 6.45) is -0.0237. The van der Waals surface area contributed by atoms with Gasteiger partial charge in [0.05, 0.1) is 13.2 Å². The van der Waals surface area contributed by atoms with E-state index < -0.39 is 18.2 Å². The molecule has 0 radical (unpaired) electrons. The molecule has 0 aromatic rings. The molecular weight excluding hydrogens is 260 g/mol. The summed E-state index contributed by atoms with van der Waals surface area (Å²) < 4.78 is 4.52. The largest absolute Gasteiger partial charge is 0.453 e. The molecule has 20 heavy (non-hydrogen) atoms. The normalized spacial score (nSPS) is 14.0. The molecule has 0 heterocycles. The summed E-state index contributed by atoms with van der Waals surface area (Å²) in [7, 11) is 1.26. The number of hydrogen-bond donors (Lipinski definition) is 3. The molecule has 2 amide bonds. The third-order valence-corrected chi connectivity index (χ3v) is 3.01. The number of rotatable bonds is 8. The van der Waals surface area contributed by atoms with Gasteiger partial charge >= 0.3 is 6.09 Å². The van der Waals surface area contributed by atoms with Crippen molar-refractivity contribution in [2.75, 3.05) is 13.7 Å². The quantitative estimate of drug-likeness (QED) is 0.628. The van der Waals surface area contributed by atoms with Crippen molar-refractivity contribution in [1.29, 1.82) is 0 Å². The van der Waals surface area contributed by atoms with E-state index in [1.54, 1.807) is 0 Å². The molecule has 0 aliphatic rings. The van der Waals surface area contributed by atoms with Gasteiger partial charge in [-0.1, -0.05) is 27.7 Å². The van der Waals surface area contributed by atoms with Crippen LogP contribution in [-0.4, -0.2) is 42.9 Å². The van der Waals surface area contributed by atoms with Crippen molar-refractivity contribution < 1.29 is 19.4 Å². The molecule has 2 unspecified atom stereocenters. The Hall–Kier alpha value is -1.30. The first kappa shape index (κ1) is 18.7. The maximum absolute atomic E-state index is 12.0. The number of aliphatic hydroxyl groups excluding tert-OH is 1. The fourth-order valence-electron chi connectivity index (χ4n) is 1.70. The highest BCUT2D eigenvalue weighted by atomic mass is 16.5. The first-order valence-electron chi connectivity index (χ1n) is 7.08. The van der Waals surface area contributed by atoms with Crippen LogP contribution >= 0.6 is 0 Å². The minimum Gasteiger partial charge on any atom is -0.453 e. The summed E-state index contributed by atoms with van der Waals surface area (Å²) in [5.74, 6) is 0.177. The molecule has 0 fully saturated rings. The van der Waals surface area contributed by atoms with Crippen molar-refractivity contribution in [3.8, 4) is 0 Å². The fraction of sp³-hybridized carbons (Fsp3) is 0.857. The zero-order valence-electron chi connectivity index (χ0n) is 13.1. The van der Waals surface area contributed by atoms with E-state index in [1.807, 2.05) is 27.7 Å². The Balaban J connectivity index is 4.29. The van der Waals surface area contributed by atoms with Gasteiger partial charge in [0.2, 0.25) is 5.91 Å². The summed E-state index contributed by atoms with van der Waals surface area (Å²) in [6.45, 7) is 8.18. The van der Waals surface area contributed by atoms with Gasteiger partial charge in [0.15, 0.2) is 0 Å². The summed E-state index contributed by atoms with van der Waals surface area (Å²) in [5.41, 5.74) is 0. The Labute approximate surface area is 121 Å². The van der Waals surface area contributed by atoms with Crippen LogP contribution < -0.4 is 10.6 Å². The molecule has 6 nitrogen and oxygen atoms in total. The minimum atomic E-state index is -0.618. The second-order valence-electron chi connectivity index (χ2n) is 5.71. The van der Waals surface area contributed by atoms with E-state index in [-0.39, 0.29) is 17.7 Å². The first-order valence-corrected chi connectivity index (χ1v) is 7.08. The second-order valence-corrected chi connectivity index (χ2v) is 5.71. The van der Waals surface area contributed by atoms with Gasteiger partial charge in [-0.05, 0) is 24.7 Å². The molecule has 0 bridgehead atoms. The number of carbonyl (C=O) groups excluding carboxylic acids is 2. The van der Waals surface area contributed by atoms with Gasteiger partial charge in [0.1, 0.15) is 6.04 Å². The van der Waals surface area contributed by atoms with Gasteiger partial charge in [0.25, 0.3) is 0 Å². The lowest BCUT2D eigenvalue weighted by Gasteiger charge is -2.20. The molecule has 0 aromatic carbocycles. The topological polar surface area (TPSA) is 87.7 Å². The number of alkyl carbamates (subject to hydrolysis) is 1. The van der Waals surface area contributed by atoms with Crippen LogP contribution in [0.15, 0.2) is 0 Å². The van der Waals surface area contributed by atoms with Crippen molar-refractivity contribution >= 4 is 12.0 Å². The van der Waals surface area contributed by atoms with Gasteiger partial charge in [-0.15, -0.1) is 0 Å². The molecule has 6 heteroatoms. The molecule has 0 rings (SSSR count). The van der Waals surface area contributed by atoms with E-state index in [9.17, 15) is 14.7 Å². The van der Waals surface area contributed by atoms with Gasteiger partial charge in [-0.3, -0.25) is 4.79 Å². The van der Waals surface area contributed by atoms with Gasteiger partial charge in [0, 0.05) is 6.54 Å². The van der Waals surface area contributed by atoms with Crippen molar-refractivity contribution in [1.82, 2.24) is 10.6 Å². The minimum absolute atomic E-state index is 0.159. The van der Waals surface area contributed by atoms with Crippen LogP contribution in [0.3, 0.4) is 0 Å². The molecule has 3 N–H and O–H groups in total. The first-order chi connectivity index (χ1) is 9.27. The molecule has 0 aliphatic carbocycles. The van der Waals surface area contributed by atoms with E-state index in [2.05, 4.69) is 15.4 Å². The third kappa shape index (κ3) is 7.99. The van der Waals surface area contributed by atoms with E-state index in [0.717, 1.165) is 0 Å². The van der Waals surface area contributed by atoms with Crippen molar-refractivity contribution in [3.63, 3.8) is 0 Å². The number of hydrogen-bond acceptors (Lipinski definition) is 4. The van der Waals surface area contributed by atoms with Crippen molar-refractivity contribution in [2.45, 2.75) is 52.7 Å². The average Bonchev–Trinajstić information content (AvgIpc) is 2.36. The maximum Gasteiger partial charge on any atom is 0.407 e. The van der Waals surface area contributed by atoms with Crippen LogP contribution in [0.5, 0.6) is 0 Å². The number of methoxy groups -OCH3 is 1. The molecule has 118 valence electrons. The molecule has 0 saturated heterocycles. The maximum atomic E-state index is 12.0. The lowest BCUT2D eigenvalue weighted by molar-refractivity contribution is -0.123. The Morgan fingerprint density at radius 2 is 1.80 bits per heavy atom. The Morgan fingerprint density at radius 3 is 2.25 bits per heavy atom. The highest BCUT2D eigenvalue weighted by molar-refractivity contribution is 5.85. The molecule has 0 aliphatic heterocycles. The number of ether oxygens (including phenoxy) is 1. The molecular formula is C14H28N2O4. The fourth-order valence-corrected chi connectivity index (χ4v) is 1.70. The lowest BCUT2D eigenvalue weighted by atomic mass is 10.0. The van der Waals surface area contributed by atoms with Gasteiger partial charge < -0.3 is 20.5 Å². The standard InChI is InChI=1S/C14H28N2O4/c1-9(2)8-11(16-14(19)20-5)13(18)15-7-6-12(17)10(3)4/h9-12,17H,6-8H2,1-5H3,(H,15,18)(H,16,19). The van der Waals surface area contributed by atoms with Gasteiger partial charge in [-0.2, -0.15) is 0 Å². The third-order valence-electron chi connectivity index (χ3n) is 3.01. The summed E-state index contributed by atoms with van der Waals surface area (Å²) in [5, 5.41) is 14.9. The molecule has 0 saturated carbocycles. The Kier molecular flexibility index (Phi) is 8.96. The second kappa shape index (κ2) is 9.58. The molecule has 0 spiro atoms. The predicted molar refractivity (Wildman–Crippen MR) is 77.3 cm³/mol. The highest BCUT2D eigenvalue weighted by Crippen LogP contribution is 2.07. The lowest BCUT2D eigenvalue weighted by Crippen LogP contribution is -2.47. The summed E-state index contributed by atoms with van der Waals surface area (Å²) in [4.78, 5) is 23.2. The smallest absolute Gasteiger partial charge is 0.407 e. The van der Waals surface area contributed by atoms with E-state index in [1.165, 1.54) is 7.11 Å². The van der Waals surface area contributed by atoms with Crippen LogP contribution in [-0.2, 0) is 9.53 Å². The number of amides is 2. The van der Waals surface area contributed by atoms with Crippen molar-refractivity contribution in [2.24, 2.45) is 11.8 Å². The Morgan fingerprint density at radius 1 is 1.20 bits per heavy atom. The average molecular weight is 288 g/mol. The van der Waals surface area contributed by atoms with Crippen LogP contribution in [0.4, 0.5) is 4.79 Å². The SMILES string of the molecule is COC(=O)NC(CC(C)C)C(=O)NCCC(O)C(C)C. The number of aliphatic hydroxyl groups is 1. The number of carbonyl (C=O) groups is 2. The highest BCUT2D eigenvalue weighted by Gasteiger charge is 2.22. The monoisotopic (exact) mass is 288 g/mol. The summed E-state index contributed by atoms with van der Waals surface area (Å²) >= 11 is 0. The van der Waals surface area contributed by atoms with E-state index >= 15 is 0 Å². The van der Waals surface area contributed by atoms with Crippen LogP contribution in [0.2, 0.25) is 0 Å². The zero-order chi connectivity index (χ0) is 15.7. The van der Waals surface area contributed by atoms with Crippen LogP contribution in [0.1, 0.15) is 40.5 Å². The predicted octanol–water partition coefficient (Wildman–Crippen LogP) is 1.28. The summed E-state index contributed by atoms with van der Waals surface area (Å²) in [6, 6.07) is -0.612. The van der Waals surface area contributed by atoms with Crippen LogP contribution in [0, 0.1) is 11.8 Å².